The lowest BCUT2D eigenvalue weighted by molar-refractivity contribution is 0.0940. The zero-order valence-corrected chi connectivity index (χ0v) is 12.1. The van der Waals surface area contributed by atoms with Crippen molar-refractivity contribution in [2.45, 2.75) is 44.1 Å². The van der Waals surface area contributed by atoms with Crippen LogP contribution in [-0.2, 0) is 12.8 Å². The lowest BCUT2D eigenvalue weighted by Gasteiger charge is -2.12. The molecule has 0 unspecified atom stereocenters. The minimum atomic E-state index is 0.0571. The molecule has 0 saturated heterocycles. The maximum Gasteiger partial charge on any atom is 0.261 e. The van der Waals surface area contributed by atoms with E-state index in [-0.39, 0.29) is 11.4 Å². The number of hydrogen-bond donors (Lipinski definition) is 1. The molecule has 0 atom stereocenters. The molecular formula is C13H16BrNOS. The number of thiophene rings is 1. The predicted octanol–water partition coefficient (Wildman–Crippen LogP) is 3.28. The first kappa shape index (κ1) is 11.7. The molecule has 2 nitrogen and oxygen atoms in total. The van der Waals surface area contributed by atoms with Gasteiger partial charge in [0.05, 0.1) is 10.4 Å². The molecule has 0 aromatic carbocycles. The van der Waals surface area contributed by atoms with Crippen LogP contribution in [0.3, 0.4) is 0 Å². The summed E-state index contributed by atoms with van der Waals surface area (Å²) in [5, 5.41) is 4.04. The average molecular weight is 314 g/mol. The molecule has 1 saturated carbocycles. The maximum absolute atomic E-state index is 12.2. The van der Waals surface area contributed by atoms with Gasteiger partial charge in [0.1, 0.15) is 0 Å². The van der Waals surface area contributed by atoms with Crippen LogP contribution in [-0.4, -0.2) is 16.8 Å². The zero-order chi connectivity index (χ0) is 11.9. The second-order valence-electron chi connectivity index (χ2n) is 5.13. The molecule has 2 aliphatic carbocycles. The molecule has 17 heavy (non-hydrogen) atoms. The molecule has 1 amide bonds. The Kier molecular flexibility index (Phi) is 3.03. The standard InChI is InChI=1S/C13H16BrNOS/c14-8-13(5-6-13)15-12(16)11-7-9-3-1-2-4-10(9)17-11/h7H,1-6,8H2,(H,15,16). The van der Waals surface area contributed by atoms with E-state index in [9.17, 15) is 4.79 Å². The summed E-state index contributed by atoms with van der Waals surface area (Å²) >= 11 is 5.18. The third-order valence-corrected chi connectivity index (χ3v) is 6.02. The molecule has 0 radical (unpaired) electrons. The van der Waals surface area contributed by atoms with Crippen LogP contribution < -0.4 is 5.32 Å². The first-order valence-corrected chi connectivity index (χ1v) is 8.16. The molecule has 1 N–H and O–H groups in total. The summed E-state index contributed by atoms with van der Waals surface area (Å²) < 4.78 is 0. The van der Waals surface area contributed by atoms with Gasteiger partial charge in [-0.3, -0.25) is 4.79 Å². The van der Waals surface area contributed by atoms with Crippen molar-refractivity contribution in [3.8, 4) is 0 Å². The number of aryl methyl sites for hydroxylation is 2. The van der Waals surface area contributed by atoms with Crippen LogP contribution in [0.5, 0.6) is 0 Å². The topological polar surface area (TPSA) is 29.1 Å². The maximum atomic E-state index is 12.2. The first-order valence-electron chi connectivity index (χ1n) is 6.22. The molecule has 1 aromatic heterocycles. The van der Waals surface area contributed by atoms with Crippen molar-refractivity contribution in [2.24, 2.45) is 0 Å². The highest BCUT2D eigenvalue weighted by atomic mass is 79.9. The van der Waals surface area contributed by atoms with Crippen LogP contribution in [0.25, 0.3) is 0 Å². The van der Waals surface area contributed by atoms with Crippen LogP contribution in [0.1, 0.15) is 45.8 Å². The van der Waals surface area contributed by atoms with Gasteiger partial charge in [0.25, 0.3) is 5.91 Å². The van der Waals surface area contributed by atoms with Gasteiger partial charge in [-0.25, -0.2) is 0 Å². The van der Waals surface area contributed by atoms with Crippen LogP contribution in [0.15, 0.2) is 6.07 Å². The summed E-state index contributed by atoms with van der Waals surface area (Å²) in [6.45, 7) is 0. The van der Waals surface area contributed by atoms with E-state index in [1.54, 1.807) is 11.3 Å². The zero-order valence-electron chi connectivity index (χ0n) is 9.72. The fourth-order valence-electron chi connectivity index (χ4n) is 2.35. The summed E-state index contributed by atoms with van der Waals surface area (Å²) in [6.07, 6.45) is 7.08. The highest BCUT2D eigenvalue weighted by Crippen LogP contribution is 2.38. The molecule has 1 heterocycles. The monoisotopic (exact) mass is 313 g/mol. The van der Waals surface area contributed by atoms with Gasteiger partial charge in [-0.15, -0.1) is 11.3 Å². The summed E-state index contributed by atoms with van der Waals surface area (Å²) in [6, 6.07) is 2.11. The van der Waals surface area contributed by atoms with Gasteiger partial charge in [0.15, 0.2) is 0 Å². The average Bonchev–Trinajstić information content (AvgIpc) is 2.98. The molecule has 4 heteroatoms. The summed E-state index contributed by atoms with van der Waals surface area (Å²) in [7, 11) is 0. The van der Waals surface area contributed by atoms with E-state index in [4.69, 9.17) is 0 Å². The third-order valence-electron chi connectivity index (χ3n) is 3.71. The van der Waals surface area contributed by atoms with E-state index >= 15 is 0 Å². The smallest absolute Gasteiger partial charge is 0.261 e. The summed E-state index contributed by atoms with van der Waals surface area (Å²) in [4.78, 5) is 14.5. The fraction of sp³-hybridized carbons (Fsp3) is 0.615. The number of carbonyl (C=O) groups excluding carboxylic acids is 1. The molecule has 0 spiro atoms. The summed E-state index contributed by atoms with van der Waals surface area (Å²) in [5.41, 5.74) is 1.47. The van der Waals surface area contributed by atoms with Crippen LogP contribution in [0.4, 0.5) is 0 Å². The molecule has 0 aliphatic heterocycles. The lowest BCUT2D eigenvalue weighted by atomic mass is 9.99. The Labute approximate surface area is 114 Å². The van der Waals surface area contributed by atoms with Gasteiger partial charge in [0, 0.05) is 10.2 Å². The van der Waals surface area contributed by atoms with Gasteiger partial charge >= 0.3 is 0 Å². The Balaban J connectivity index is 1.75. The number of fused-ring (bicyclic) bond motifs is 1. The van der Waals surface area contributed by atoms with E-state index in [1.807, 2.05) is 0 Å². The van der Waals surface area contributed by atoms with Crippen molar-refractivity contribution >= 4 is 33.2 Å². The third kappa shape index (κ3) is 2.29. The van der Waals surface area contributed by atoms with Crippen molar-refractivity contribution < 1.29 is 4.79 Å². The number of nitrogens with one attached hydrogen (secondary N) is 1. The Hall–Kier alpha value is -0.350. The van der Waals surface area contributed by atoms with E-state index < -0.39 is 0 Å². The van der Waals surface area contributed by atoms with Gasteiger partial charge in [0.2, 0.25) is 0 Å². The second kappa shape index (κ2) is 4.39. The van der Waals surface area contributed by atoms with Gasteiger partial charge < -0.3 is 5.32 Å². The highest BCUT2D eigenvalue weighted by Gasteiger charge is 2.43. The summed E-state index contributed by atoms with van der Waals surface area (Å²) in [5.74, 6) is 0.126. The van der Waals surface area contributed by atoms with Crippen molar-refractivity contribution in [2.75, 3.05) is 5.33 Å². The Bertz CT molecular complexity index is 427. The predicted molar refractivity (Wildman–Crippen MR) is 74.2 cm³/mol. The van der Waals surface area contributed by atoms with E-state index in [1.165, 1.54) is 23.3 Å². The number of rotatable bonds is 3. The Morgan fingerprint density at radius 1 is 1.41 bits per heavy atom. The molecule has 3 rings (SSSR count). The van der Waals surface area contributed by atoms with Gasteiger partial charge in [-0.1, -0.05) is 15.9 Å². The lowest BCUT2D eigenvalue weighted by Crippen LogP contribution is -2.37. The number of halogens is 1. The minimum Gasteiger partial charge on any atom is -0.345 e. The number of carbonyl (C=O) groups is 1. The largest absolute Gasteiger partial charge is 0.345 e. The molecule has 2 aliphatic rings. The van der Waals surface area contributed by atoms with Crippen LogP contribution in [0, 0.1) is 0 Å². The molecule has 0 bridgehead atoms. The SMILES string of the molecule is O=C(NC1(CBr)CC1)c1cc2c(s1)CCCC2. The minimum absolute atomic E-state index is 0.0571. The van der Waals surface area contributed by atoms with E-state index in [0.29, 0.717) is 0 Å². The fourth-order valence-corrected chi connectivity index (χ4v) is 4.20. The highest BCUT2D eigenvalue weighted by molar-refractivity contribution is 9.09. The number of alkyl halides is 1. The van der Waals surface area contributed by atoms with Crippen molar-refractivity contribution in [1.82, 2.24) is 5.32 Å². The van der Waals surface area contributed by atoms with Crippen LogP contribution >= 0.6 is 27.3 Å². The number of amides is 1. The number of hydrogen-bond acceptors (Lipinski definition) is 2. The van der Waals surface area contributed by atoms with Gasteiger partial charge in [-0.05, 0) is 50.2 Å². The van der Waals surface area contributed by atoms with Crippen LogP contribution in [0.2, 0.25) is 0 Å². The van der Waals surface area contributed by atoms with Gasteiger partial charge in [-0.2, -0.15) is 0 Å². The Morgan fingerprint density at radius 2 is 2.18 bits per heavy atom. The molecule has 92 valence electrons. The van der Waals surface area contributed by atoms with Crippen molar-refractivity contribution in [3.05, 3.63) is 21.4 Å². The molecule has 1 fully saturated rings. The first-order chi connectivity index (χ1) is 8.22. The van der Waals surface area contributed by atoms with Crippen molar-refractivity contribution in [3.63, 3.8) is 0 Å². The van der Waals surface area contributed by atoms with E-state index in [0.717, 1.165) is 35.9 Å². The van der Waals surface area contributed by atoms with Crippen molar-refractivity contribution in [1.29, 1.82) is 0 Å². The Morgan fingerprint density at radius 3 is 2.82 bits per heavy atom. The molecule has 1 aromatic rings. The van der Waals surface area contributed by atoms with E-state index in [2.05, 4.69) is 27.3 Å². The second-order valence-corrected chi connectivity index (χ2v) is 6.83. The normalized spacial score (nSPS) is 20.8. The molecular weight excluding hydrogens is 298 g/mol. The quantitative estimate of drug-likeness (QED) is 0.852.